The minimum atomic E-state index is -0.970. The molecule has 0 unspecified atom stereocenters. The highest BCUT2D eigenvalue weighted by molar-refractivity contribution is 5.87. The van der Waals surface area contributed by atoms with E-state index < -0.39 is 18.0 Å². The van der Waals surface area contributed by atoms with E-state index in [1.54, 1.807) is 12.1 Å². The highest BCUT2D eigenvalue weighted by atomic mass is 16.5. The minimum Gasteiger partial charge on any atom is -0.494 e. The van der Waals surface area contributed by atoms with Gasteiger partial charge >= 0.3 is 11.9 Å². The molecule has 0 aliphatic carbocycles. The molecule has 0 aliphatic rings. The van der Waals surface area contributed by atoms with Crippen molar-refractivity contribution in [3.05, 3.63) is 29.8 Å². The Hall–Kier alpha value is -4.32. The number of hydrogen-bond donors (Lipinski definition) is 6. The van der Waals surface area contributed by atoms with E-state index in [0.717, 1.165) is 51.4 Å². The van der Waals surface area contributed by atoms with Gasteiger partial charge in [-0.2, -0.15) is 0 Å². The zero-order valence-corrected chi connectivity index (χ0v) is 32.9. The molecule has 0 heterocycles. The van der Waals surface area contributed by atoms with Gasteiger partial charge in [0.25, 0.3) is 0 Å². The number of amides is 4. The lowest BCUT2D eigenvalue weighted by molar-refractivity contribution is -0.137. The Morgan fingerprint density at radius 2 is 1.07 bits per heavy atom. The fourth-order valence-electron chi connectivity index (χ4n) is 5.10. The lowest BCUT2D eigenvalue weighted by atomic mass is 10.0. The Bertz CT molecular complexity index is 1250. The SMILES string of the molecule is CCCNC(=O)COCCOCCNC(=O)COCCOCCNC(=O)CC[C@H](CCC(=O)O)NC(=O)CCCCCCCCCOc1ccc(C(=O)O)cc1. The second kappa shape index (κ2) is 34.0. The number of aromatic carboxylic acids is 1. The van der Waals surface area contributed by atoms with Crippen LogP contribution in [-0.2, 0) is 42.9 Å². The smallest absolute Gasteiger partial charge is 0.335 e. The van der Waals surface area contributed by atoms with Gasteiger partial charge in [-0.05, 0) is 56.4 Å². The zero-order valence-electron chi connectivity index (χ0n) is 32.9. The minimum absolute atomic E-state index is 0.0146. The van der Waals surface area contributed by atoms with Crippen molar-refractivity contribution in [2.45, 2.75) is 96.4 Å². The first kappa shape index (κ1) is 49.7. The van der Waals surface area contributed by atoms with E-state index in [-0.39, 0.29) is 94.6 Å². The van der Waals surface area contributed by atoms with Gasteiger partial charge in [0.15, 0.2) is 0 Å². The van der Waals surface area contributed by atoms with E-state index in [4.69, 9.17) is 33.9 Å². The highest BCUT2D eigenvalue weighted by Crippen LogP contribution is 2.14. The quantitative estimate of drug-likeness (QED) is 0.0532. The molecule has 4 amide bonds. The predicted octanol–water partition coefficient (Wildman–Crippen LogP) is 2.84. The molecule has 1 atom stereocenters. The topological polar surface area (TPSA) is 237 Å². The van der Waals surface area contributed by atoms with E-state index in [1.165, 1.54) is 12.1 Å². The number of nitrogens with one attached hydrogen (secondary N) is 4. The third-order valence-corrected chi connectivity index (χ3v) is 8.13. The molecule has 0 saturated heterocycles. The van der Waals surface area contributed by atoms with Crippen LogP contribution in [-0.4, -0.2) is 131 Å². The van der Waals surface area contributed by atoms with Crippen LogP contribution in [0.1, 0.15) is 101 Å². The molecule has 1 aromatic carbocycles. The Morgan fingerprint density at radius 3 is 1.64 bits per heavy atom. The van der Waals surface area contributed by atoms with Crippen LogP contribution >= 0.6 is 0 Å². The van der Waals surface area contributed by atoms with E-state index >= 15 is 0 Å². The summed E-state index contributed by atoms with van der Waals surface area (Å²) in [6.45, 7) is 5.11. The number of carboxylic acids is 2. The van der Waals surface area contributed by atoms with Crippen molar-refractivity contribution >= 4 is 35.6 Å². The molecule has 1 aromatic rings. The van der Waals surface area contributed by atoms with E-state index in [1.807, 2.05) is 6.92 Å². The van der Waals surface area contributed by atoms with Crippen LogP contribution in [0.4, 0.5) is 0 Å². The monoisotopic (exact) mass is 796 g/mol. The summed E-state index contributed by atoms with van der Waals surface area (Å²) in [7, 11) is 0. The van der Waals surface area contributed by atoms with Gasteiger partial charge in [0, 0.05) is 44.9 Å². The molecular formula is C39H64N4O13. The summed E-state index contributed by atoms with van der Waals surface area (Å²) >= 11 is 0. The van der Waals surface area contributed by atoms with Crippen molar-refractivity contribution in [3.63, 3.8) is 0 Å². The number of carbonyl (C=O) groups excluding carboxylic acids is 4. The summed E-state index contributed by atoms with van der Waals surface area (Å²) < 4.78 is 26.9. The van der Waals surface area contributed by atoms with Gasteiger partial charge in [0.05, 0.1) is 51.8 Å². The van der Waals surface area contributed by atoms with E-state index in [2.05, 4.69) is 21.3 Å². The van der Waals surface area contributed by atoms with Crippen molar-refractivity contribution in [2.24, 2.45) is 0 Å². The Labute approximate surface area is 330 Å². The van der Waals surface area contributed by atoms with Crippen molar-refractivity contribution in [1.29, 1.82) is 0 Å². The summed E-state index contributed by atoms with van der Waals surface area (Å²) in [5.41, 5.74) is 0.223. The summed E-state index contributed by atoms with van der Waals surface area (Å²) in [5, 5.41) is 29.1. The molecular weight excluding hydrogens is 732 g/mol. The van der Waals surface area contributed by atoms with Crippen molar-refractivity contribution < 1.29 is 62.7 Å². The Kier molecular flexibility index (Phi) is 30.1. The molecule has 318 valence electrons. The average molecular weight is 797 g/mol. The van der Waals surface area contributed by atoms with Gasteiger partial charge in [0.1, 0.15) is 19.0 Å². The molecule has 1 rings (SSSR count). The third kappa shape index (κ3) is 30.0. The number of benzene rings is 1. The average Bonchev–Trinajstić information content (AvgIpc) is 3.17. The van der Waals surface area contributed by atoms with Crippen LogP contribution in [0.15, 0.2) is 24.3 Å². The van der Waals surface area contributed by atoms with Crippen LogP contribution in [0.25, 0.3) is 0 Å². The molecule has 0 radical (unpaired) electrons. The second-order valence-corrected chi connectivity index (χ2v) is 13.0. The van der Waals surface area contributed by atoms with E-state index in [9.17, 15) is 28.8 Å². The molecule has 0 aliphatic heterocycles. The molecule has 0 saturated carbocycles. The maximum Gasteiger partial charge on any atom is 0.335 e. The van der Waals surface area contributed by atoms with Crippen LogP contribution in [0.2, 0.25) is 0 Å². The largest absolute Gasteiger partial charge is 0.494 e. The lowest BCUT2D eigenvalue weighted by Gasteiger charge is -2.18. The Balaban J connectivity index is 2.03. The molecule has 17 nitrogen and oxygen atoms in total. The summed E-state index contributed by atoms with van der Waals surface area (Å²) in [4.78, 5) is 70.2. The zero-order chi connectivity index (χ0) is 41.1. The number of carbonyl (C=O) groups is 6. The second-order valence-electron chi connectivity index (χ2n) is 13.0. The van der Waals surface area contributed by atoms with Crippen molar-refractivity contribution in [2.75, 3.05) is 79.1 Å². The highest BCUT2D eigenvalue weighted by Gasteiger charge is 2.16. The first-order valence-electron chi connectivity index (χ1n) is 19.7. The number of ether oxygens (including phenoxy) is 5. The number of unbranched alkanes of at least 4 members (excludes halogenated alkanes) is 6. The van der Waals surface area contributed by atoms with Gasteiger partial charge in [-0.1, -0.05) is 39.0 Å². The molecule has 0 bridgehead atoms. The summed E-state index contributed by atoms with van der Waals surface area (Å²) in [6.07, 6.45) is 8.40. The summed E-state index contributed by atoms with van der Waals surface area (Å²) in [6, 6.07) is 5.92. The molecule has 0 aromatic heterocycles. The number of carboxylic acid groups (broad SMARTS) is 2. The molecule has 0 fully saturated rings. The van der Waals surface area contributed by atoms with Gasteiger partial charge in [-0.3, -0.25) is 24.0 Å². The predicted molar refractivity (Wildman–Crippen MR) is 206 cm³/mol. The fourth-order valence-corrected chi connectivity index (χ4v) is 5.10. The first-order chi connectivity index (χ1) is 27.1. The van der Waals surface area contributed by atoms with Gasteiger partial charge in [-0.15, -0.1) is 0 Å². The normalized spacial score (nSPS) is 11.4. The Morgan fingerprint density at radius 1 is 0.554 bits per heavy atom. The first-order valence-corrected chi connectivity index (χ1v) is 19.7. The van der Waals surface area contributed by atoms with Crippen LogP contribution < -0.4 is 26.0 Å². The number of aliphatic carboxylic acids is 1. The van der Waals surface area contributed by atoms with Crippen molar-refractivity contribution in [1.82, 2.24) is 21.3 Å². The maximum absolute atomic E-state index is 12.5. The third-order valence-electron chi connectivity index (χ3n) is 8.13. The van der Waals surface area contributed by atoms with Gasteiger partial charge < -0.3 is 55.2 Å². The van der Waals surface area contributed by atoms with Crippen LogP contribution in [0.3, 0.4) is 0 Å². The molecule has 17 heteroatoms. The van der Waals surface area contributed by atoms with E-state index in [0.29, 0.717) is 51.5 Å². The fraction of sp³-hybridized carbons (Fsp3) is 0.692. The number of rotatable bonds is 37. The molecule has 56 heavy (non-hydrogen) atoms. The molecule has 0 spiro atoms. The summed E-state index contributed by atoms with van der Waals surface area (Å²) in [5.74, 6) is -2.14. The van der Waals surface area contributed by atoms with Crippen LogP contribution in [0, 0.1) is 0 Å². The standard InChI is InChI=1S/C39H64N4O13/c1-2-19-40-36(46)29-54-27-26-53-24-21-42-37(47)30-55-28-25-52-23-20-41-34(44)17-13-32(14-18-38(48)49)43-35(45)10-8-6-4-3-5-7-9-22-56-33-15-11-31(12-16-33)39(50)51/h11-12,15-16,32H,2-10,13-14,17-30H2,1H3,(H,40,46)(H,41,44)(H,42,47)(H,43,45)(H,48,49)(H,50,51)/t32-/m1/s1. The van der Waals surface area contributed by atoms with Crippen molar-refractivity contribution in [3.8, 4) is 5.75 Å². The number of hydrogen-bond acceptors (Lipinski definition) is 11. The maximum atomic E-state index is 12.5. The lowest BCUT2D eigenvalue weighted by Crippen LogP contribution is -2.37. The molecule has 6 N–H and O–H groups in total. The van der Waals surface area contributed by atoms with Crippen LogP contribution in [0.5, 0.6) is 5.75 Å². The van der Waals surface area contributed by atoms with Gasteiger partial charge in [0.2, 0.25) is 23.6 Å². The van der Waals surface area contributed by atoms with Gasteiger partial charge in [-0.25, -0.2) is 4.79 Å².